The van der Waals surface area contributed by atoms with Crippen molar-refractivity contribution in [1.29, 1.82) is 0 Å². The van der Waals surface area contributed by atoms with Gasteiger partial charge in [-0.2, -0.15) is 4.39 Å². The van der Waals surface area contributed by atoms with Gasteiger partial charge in [-0.05, 0) is 37.8 Å². The molecule has 1 fully saturated rings. The van der Waals surface area contributed by atoms with Crippen molar-refractivity contribution < 1.29 is 14.3 Å². The van der Waals surface area contributed by atoms with Crippen molar-refractivity contribution in [2.24, 2.45) is 5.92 Å². The van der Waals surface area contributed by atoms with Crippen LogP contribution in [0.15, 0.2) is 18.2 Å². The predicted octanol–water partition coefficient (Wildman–Crippen LogP) is 2.58. The molecule has 86 valence electrons. The average Bonchev–Trinajstić information content (AvgIpc) is 2.29. The fourth-order valence-corrected chi connectivity index (χ4v) is 2.29. The summed E-state index contributed by atoms with van der Waals surface area (Å²) in [5.41, 5.74) is 0.754. The third-order valence-corrected chi connectivity index (χ3v) is 3.23. The predicted molar refractivity (Wildman–Crippen MR) is 56.5 cm³/mol. The number of pyridine rings is 1. The van der Waals surface area contributed by atoms with Crippen LogP contribution in [0.25, 0.3) is 0 Å². The lowest BCUT2D eigenvalue weighted by Gasteiger charge is -2.25. The van der Waals surface area contributed by atoms with E-state index in [2.05, 4.69) is 4.98 Å². The summed E-state index contributed by atoms with van der Waals surface area (Å²) in [5.74, 6) is -1.19. The maximum atomic E-state index is 12.9. The minimum Gasteiger partial charge on any atom is -0.481 e. The molecular weight excluding hydrogens is 209 g/mol. The number of carboxylic acids is 1. The monoisotopic (exact) mass is 223 g/mol. The fourth-order valence-electron chi connectivity index (χ4n) is 2.29. The maximum absolute atomic E-state index is 12.9. The molecule has 0 amide bonds. The molecule has 1 heterocycles. The van der Waals surface area contributed by atoms with Crippen LogP contribution in [-0.2, 0) is 4.79 Å². The third kappa shape index (κ3) is 2.38. The van der Waals surface area contributed by atoms with Gasteiger partial charge in [-0.3, -0.25) is 4.79 Å². The molecule has 0 aliphatic heterocycles. The maximum Gasteiger partial charge on any atom is 0.306 e. The smallest absolute Gasteiger partial charge is 0.306 e. The third-order valence-electron chi connectivity index (χ3n) is 3.23. The SMILES string of the molecule is O=C(O)C1CCC(c2cccc(F)n2)CC1. The summed E-state index contributed by atoms with van der Waals surface area (Å²) in [4.78, 5) is 14.6. The second-order valence-electron chi connectivity index (χ2n) is 4.27. The molecule has 1 aliphatic carbocycles. The summed E-state index contributed by atoms with van der Waals surface area (Å²) in [5, 5.41) is 8.86. The summed E-state index contributed by atoms with van der Waals surface area (Å²) in [7, 11) is 0. The van der Waals surface area contributed by atoms with Crippen LogP contribution in [0, 0.1) is 11.9 Å². The van der Waals surface area contributed by atoms with E-state index in [9.17, 15) is 9.18 Å². The minimum absolute atomic E-state index is 0.214. The van der Waals surface area contributed by atoms with Crippen molar-refractivity contribution in [3.63, 3.8) is 0 Å². The number of nitrogens with zero attached hydrogens (tertiary/aromatic N) is 1. The first-order valence-electron chi connectivity index (χ1n) is 5.52. The summed E-state index contributed by atoms with van der Waals surface area (Å²) in [6, 6.07) is 4.79. The van der Waals surface area contributed by atoms with Gasteiger partial charge in [0.2, 0.25) is 5.95 Å². The first-order chi connectivity index (χ1) is 7.66. The Morgan fingerprint density at radius 3 is 2.56 bits per heavy atom. The Bertz CT molecular complexity index is 386. The largest absolute Gasteiger partial charge is 0.481 e. The van der Waals surface area contributed by atoms with Crippen LogP contribution in [0.3, 0.4) is 0 Å². The van der Waals surface area contributed by atoms with Crippen molar-refractivity contribution in [3.05, 3.63) is 29.8 Å². The number of carbonyl (C=O) groups is 1. The van der Waals surface area contributed by atoms with E-state index in [1.165, 1.54) is 6.07 Å². The van der Waals surface area contributed by atoms with Crippen LogP contribution in [-0.4, -0.2) is 16.1 Å². The zero-order valence-corrected chi connectivity index (χ0v) is 8.90. The van der Waals surface area contributed by atoms with Crippen molar-refractivity contribution in [2.75, 3.05) is 0 Å². The van der Waals surface area contributed by atoms with E-state index in [0.29, 0.717) is 12.8 Å². The van der Waals surface area contributed by atoms with Gasteiger partial charge in [-0.25, -0.2) is 4.98 Å². The molecule has 16 heavy (non-hydrogen) atoms. The molecule has 0 unspecified atom stereocenters. The molecule has 1 aromatic heterocycles. The van der Waals surface area contributed by atoms with Crippen LogP contribution >= 0.6 is 0 Å². The highest BCUT2D eigenvalue weighted by Crippen LogP contribution is 2.34. The van der Waals surface area contributed by atoms with Gasteiger partial charge in [0.15, 0.2) is 0 Å². The Morgan fingerprint density at radius 2 is 2.00 bits per heavy atom. The number of hydrogen-bond donors (Lipinski definition) is 1. The van der Waals surface area contributed by atoms with Crippen LogP contribution in [0.1, 0.15) is 37.3 Å². The molecule has 2 rings (SSSR count). The van der Waals surface area contributed by atoms with Crippen molar-refractivity contribution in [3.8, 4) is 0 Å². The van der Waals surface area contributed by atoms with Crippen LogP contribution < -0.4 is 0 Å². The molecule has 1 aliphatic rings. The van der Waals surface area contributed by atoms with Gasteiger partial charge < -0.3 is 5.11 Å². The Kier molecular flexibility index (Phi) is 3.17. The lowest BCUT2D eigenvalue weighted by molar-refractivity contribution is -0.142. The molecule has 0 saturated heterocycles. The van der Waals surface area contributed by atoms with Crippen molar-refractivity contribution in [1.82, 2.24) is 4.98 Å². The summed E-state index contributed by atoms with van der Waals surface area (Å²) >= 11 is 0. The Morgan fingerprint density at radius 1 is 1.31 bits per heavy atom. The Balaban J connectivity index is 2.01. The van der Waals surface area contributed by atoms with Gasteiger partial charge in [-0.1, -0.05) is 6.07 Å². The standard InChI is InChI=1S/C12H14FNO2/c13-11-3-1-2-10(14-11)8-4-6-9(7-5-8)12(15)16/h1-3,8-9H,4-7H2,(H,15,16). The van der Waals surface area contributed by atoms with Crippen LogP contribution in [0.4, 0.5) is 4.39 Å². The number of hydrogen-bond acceptors (Lipinski definition) is 2. The molecule has 0 bridgehead atoms. The molecule has 0 atom stereocenters. The molecule has 3 nitrogen and oxygen atoms in total. The van der Waals surface area contributed by atoms with Gasteiger partial charge in [0, 0.05) is 11.6 Å². The van der Waals surface area contributed by atoms with E-state index in [4.69, 9.17) is 5.11 Å². The minimum atomic E-state index is -0.717. The Hall–Kier alpha value is -1.45. The number of halogens is 1. The highest BCUT2D eigenvalue weighted by Gasteiger charge is 2.27. The average molecular weight is 223 g/mol. The van der Waals surface area contributed by atoms with E-state index >= 15 is 0 Å². The molecular formula is C12H14FNO2. The lowest BCUT2D eigenvalue weighted by Crippen LogP contribution is -2.21. The van der Waals surface area contributed by atoms with E-state index < -0.39 is 11.9 Å². The first-order valence-corrected chi connectivity index (χ1v) is 5.52. The van der Waals surface area contributed by atoms with E-state index in [0.717, 1.165) is 18.5 Å². The number of carboxylic acid groups (broad SMARTS) is 1. The first kappa shape index (κ1) is 11.0. The highest BCUT2D eigenvalue weighted by molar-refractivity contribution is 5.70. The van der Waals surface area contributed by atoms with Crippen LogP contribution in [0.2, 0.25) is 0 Å². The summed E-state index contributed by atoms with van der Waals surface area (Å²) < 4.78 is 12.9. The van der Waals surface area contributed by atoms with Crippen molar-refractivity contribution in [2.45, 2.75) is 31.6 Å². The normalized spacial score (nSPS) is 25.3. The second kappa shape index (κ2) is 4.60. The van der Waals surface area contributed by atoms with E-state index in [1.807, 2.05) is 6.07 Å². The summed E-state index contributed by atoms with van der Waals surface area (Å²) in [6.07, 6.45) is 2.90. The van der Waals surface area contributed by atoms with Crippen molar-refractivity contribution >= 4 is 5.97 Å². The van der Waals surface area contributed by atoms with Crippen LogP contribution in [0.5, 0.6) is 0 Å². The van der Waals surface area contributed by atoms with Gasteiger partial charge in [0.1, 0.15) is 0 Å². The zero-order chi connectivity index (χ0) is 11.5. The van der Waals surface area contributed by atoms with Gasteiger partial charge in [-0.15, -0.1) is 0 Å². The molecule has 4 heteroatoms. The Labute approximate surface area is 93.3 Å². The van der Waals surface area contributed by atoms with Gasteiger partial charge in [0.25, 0.3) is 0 Å². The van der Waals surface area contributed by atoms with Gasteiger partial charge in [0.05, 0.1) is 5.92 Å². The molecule has 1 N–H and O–H groups in total. The number of rotatable bonds is 2. The fraction of sp³-hybridized carbons (Fsp3) is 0.500. The number of aromatic nitrogens is 1. The second-order valence-corrected chi connectivity index (χ2v) is 4.27. The lowest BCUT2D eigenvalue weighted by atomic mass is 9.80. The van der Waals surface area contributed by atoms with E-state index in [1.54, 1.807) is 6.07 Å². The topological polar surface area (TPSA) is 50.2 Å². The molecule has 0 aromatic carbocycles. The molecule has 0 radical (unpaired) electrons. The molecule has 1 aromatic rings. The molecule has 1 saturated carbocycles. The highest BCUT2D eigenvalue weighted by atomic mass is 19.1. The zero-order valence-electron chi connectivity index (χ0n) is 8.90. The quantitative estimate of drug-likeness (QED) is 0.784. The van der Waals surface area contributed by atoms with Gasteiger partial charge >= 0.3 is 5.97 Å². The van der Waals surface area contributed by atoms with E-state index in [-0.39, 0.29) is 11.8 Å². The summed E-state index contributed by atoms with van der Waals surface area (Å²) in [6.45, 7) is 0. The number of aliphatic carboxylic acids is 1. The molecule has 0 spiro atoms.